The minimum Gasteiger partial charge on any atom is -0.493 e. The lowest BCUT2D eigenvalue weighted by molar-refractivity contribution is 0.294. The van der Waals surface area contributed by atoms with Gasteiger partial charge in [-0.1, -0.05) is 0 Å². The minimum atomic E-state index is 0.501. The van der Waals surface area contributed by atoms with E-state index in [2.05, 4.69) is 56.1 Å². The van der Waals surface area contributed by atoms with E-state index in [0.717, 1.165) is 18.8 Å². The maximum absolute atomic E-state index is 5.86. The normalized spacial score (nSPS) is 33.0. The lowest BCUT2D eigenvalue weighted by Crippen LogP contribution is -2.64. The Labute approximate surface area is 128 Å². The van der Waals surface area contributed by atoms with E-state index < -0.39 is 0 Å². The molecule has 4 atom stereocenters. The summed E-state index contributed by atoms with van der Waals surface area (Å²) in [5.74, 6) is 1.09. The van der Waals surface area contributed by atoms with E-state index in [9.17, 15) is 0 Å². The van der Waals surface area contributed by atoms with Gasteiger partial charge in [0, 0.05) is 29.9 Å². The monoisotopic (exact) mass is 288 g/mol. The Morgan fingerprint density at radius 2 is 1.76 bits per heavy atom. The van der Waals surface area contributed by atoms with Gasteiger partial charge in [0.25, 0.3) is 0 Å². The number of ether oxygens (including phenoxy) is 1. The van der Waals surface area contributed by atoms with Crippen LogP contribution in [0.3, 0.4) is 0 Å². The van der Waals surface area contributed by atoms with Crippen molar-refractivity contribution in [1.29, 1.82) is 0 Å². The van der Waals surface area contributed by atoms with E-state index in [-0.39, 0.29) is 0 Å². The third kappa shape index (κ3) is 2.76. The molecule has 1 aromatic carbocycles. The van der Waals surface area contributed by atoms with Crippen LogP contribution in [0.15, 0.2) is 18.2 Å². The summed E-state index contributed by atoms with van der Waals surface area (Å²) in [4.78, 5) is 2.58. The van der Waals surface area contributed by atoms with Crippen LogP contribution in [0.4, 0.5) is 5.69 Å². The Balaban J connectivity index is 1.93. The molecule has 0 aromatic heterocycles. The highest BCUT2D eigenvalue weighted by atomic mass is 16.5. The zero-order valence-electron chi connectivity index (χ0n) is 13.7. The van der Waals surface area contributed by atoms with Crippen molar-refractivity contribution >= 4 is 5.69 Å². The standard InChI is InChI=1S/C18H28N2O/c1-12-14(3)20(15(4)13(2)19-12)17-8-9-18-16(11-17)7-5-6-10-21-18/h8-9,11-15,19H,5-7,10H2,1-4H3. The van der Waals surface area contributed by atoms with Gasteiger partial charge in [0.2, 0.25) is 0 Å². The summed E-state index contributed by atoms with van der Waals surface area (Å²) in [5.41, 5.74) is 2.72. The Morgan fingerprint density at radius 1 is 1.05 bits per heavy atom. The molecule has 0 amide bonds. The molecule has 1 saturated heterocycles. The summed E-state index contributed by atoms with van der Waals surface area (Å²) >= 11 is 0. The van der Waals surface area contributed by atoms with Crippen LogP contribution in [-0.2, 0) is 6.42 Å². The first-order valence-corrected chi connectivity index (χ1v) is 8.38. The summed E-state index contributed by atoms with van der Waals surface area (Å²) in [6, 6.07) is 8.78. The zero-order chi connectivity index (χ0) is 15.0. The lowest BCUT2D eigenvalue weighted by atomic mass is 9.95. The number of nitrogens with zero attached hydrogens (tertiary/aromatic N) is 1. The number of hydrogen-bond donors (Lipinski definition) is 1. The molecule has 21 heavy (non-hydrogen) atoms. The number of anilines is 1. The average Bonchev–Trinajstić information content (AvgIpc) is 2.70. The number of hydrogen-bond acceptors (Lipinski definition) is 3. The van der Waals surface area contributed by atoms with Gasteiger partial charge < -0.3 is 15.0 Å². The van der Waals surface area contributed by atoms with Crippen molar-refractivity contribution in [3.63, 3.8) is 0 Å². The summed E-state index contributed by atoms with van der Waals surface area (Å²) in [6.45, 7) is 10.1. The fraction of sp³-hybridized carbons (Fsp3) is 0.667. The van der Waals surface area contributed by atoms with Crippen LogP contribution < -0.4 is 15.0 Å². The second-order valence-corrected chi connectivity index (χ2v) is 6.73. The quantitative estimate of drug-likeness (QED) is 0.857. The Bertz CT molecular complexity index is 488. The molecule has 2 heterocycles. The molecule has 2 aliphatic heterocycles. The number of rotatable bonds is 1. The molecule has 1 fully saturated rings. The summed E-state index contributed by atoms with van der Waals surface area (Å²) < 4.78 is 5.86. The smallest absolute Gasteiger partial charge is 0.122 e. The van der Waals surface area contributed by atoms with Crippen molar-refractivity contribution in [3.05, 3.63) is 23.8 Å². The molecule has 0 radical (unpaired) electrons. The first-order chi connectivity index (χ1) is 10.1. The molecular formula is C18H28N2O. The molecule has 1 aromatic rings. The summed E-state index contributed by atoms with van der Waals surface area (Å²) in [6.07, 6.45) is 3.54. The molecule has 116 valence electrons. The van der Waals surface area contributed by atoms with Gasteiger partial charge in [-0.25, -0.2) is 0 Å². The van der Waals surface area contributed by atoms with Crippen molar-refractivity contribution in [2.45, 2.75) is 71.1 Å². The fourth-order valence-electron chi connectivity index (χ4n) is 3.68. The molecule has 4 unspecified atom stereocenters. The van der Waals surface area contributed by atoms with Crippen LogP contribution in [0.2, 0.25) is 0 Å². The molecule has 3 rings (SSSR count). The maximum Gasteiger partial charge on any atom is 0.122 e. The van der Waals surface area contributed by atoms with Crippen molar-refractivity contribution in [2.24, 2.45) is 0 Å². The Kier molecular flexibility index (Phi) is 4.12. The van der Waals surface area contributed by atoms with E-state index in [4.69, 9.17) is 4.74 Å². The first-order valence-electron chi connectivity index (χ1n) is 8.38. The van der Waals surface area contributed by atoms with Crippen molar-refractivity contribution in [3.8, 4) is 5.75 Å². The predicted octanol–water partition coefficient (Wildman–Crippen LogP) is 3.37. The van der Waals surface area contributed by atoms with Crippen LogP contribution in [-0.4, -0.2) is 30.8 Å². The molecule has 0 saturated carbocycles. The SMILES string of the molecule is CC1NC(C)C(C)N(c2ccc3c(c2)CCCCO3)C1C. The molecule has 0 aliphatic carbocycles. The van der Waals surface area contributed by atoms with Gasteiger partial charge in [0.15, 0.2) is 0 Å². The van der Waals surface area contributed by atoms with Crippen LogP contribution >= 0.6 is 0 Å². The number of fused-ring (bicyclic) bond motifs is 1. The van der Waals surface area contributed by atoms with Gasteiger partial charge in [-0.15, -0.1) is 0 Å². The van der Waals surface area contributed by atoms with Crippen LogP contribution in [0.5, 0.6) is 5.75 Å². The maximum atomic E-state index is 5.86. The van der Waals surface area contributed by atoms with E-state index in [1.165, 1.54) is 24.1 Å². The van der Waals surface area contributed by atoms with Gasteiger partial charge in [0.1, 0.15) is 5.75 Å². The zero-order valence-corrected chi connectivity index (χ0v) is 13.7. The third-order valence-electron chi connectivity index (χ3n) is 5.29. The first kappa shape index (κ1) is 14.7. The number of piperazine rings is 1. The molecular weight excluding hydrogens is 260 g/mol. The second-order valence-electron chi connectivity index (χ2n) is 6.73. The second kappa shape index (κ2) is 5.88. The van der Waals surface area contributed by atoms with Crippen LogP contribution in [0, 0.1) is 0 Å². The van der Waals surface area contributed by atoms with Gasteiger partial charge in [-0.2, -0.15) is 0 Å². The number of aryl methyl sites for hydroxylation is 1. The topological polar surface area (TPSA) is 24.5 Å². The van der Waals surface area contributed by atoms with Gasteiger partial charge >= 0.3 is 0 Å². The number of benzene rings is 1. The molecule has 0 spiro atoms. The van der Waals surface area contributed by atoms with Crippen LogP contribution in [0.25, 0.3) is 0 Å². The molecule has 1 N–H and O–H groups in total. The summed E-state index contributed by atoms with van der Waals surface area (Å²) in [7, 11) is 0. The fourth-order valence-corrected chi connectivity index (χ4v) is 3.68. The Morgan fingerprint density at radius 3 is 2.48 bits per heavy atom. The van der Waals surface area contributed by atoms with E-state index in [1.54, 1.807) is 0 Å². The van der Waals surface area contributed by atoms with Crippen molar-refractivity contribution < 1.29 is 4.74 Å². The van der Waals surface area contributed by atoms with E-state index in [1.807, 2.05) is 0 Å². The van der Waals surface area contributed by atoms with Crippen molar-refractivity contribution in [1.82, 2.24) is 5.32 Å². The van der Waals surface area contributed by atoms with Crippen LogP contribution in [0.1, 0.15) is 46.1 Å². The van der Waals surface area contributed by atoms with E-state index in [0.29, 0.717) is 24.2 Å². The molecule has 3 nitrogen and oxygen atoms in total. The van der Waals surface area contributed by atoms with Crippen molar-refractivity contribution in [2.75, 3.05) is 11.5 Å². The minimum absolute atomic E-state index is 0.501. The van der Waals surface area contributed by atoms with Gasteiger partial charge in [0.05, 0.1) is 6.61 Å². The Hall–Kier alpha value is -1.22. The largest absolute Gasteiger partial charge is 0.493 e. The molecule has 0 bridgehead atoms. The highest BCUT2D eigenvalue weighted by Gasteiger charge is 2.34. The summed E-state index contributed by atoms with van der Waals surface area (Å²) in [5, 5.41) is 3.68. The van der Waals surface area contributed by atoms with Gasteiger partial charge in [-0.05, 0) is 70.7 Å². The number of nitrogens with one attached hydrogen (secondary N) is 1. The third-order valence-corrected chi connectivity index (χ3v) is 5.29. The lowest BCUT2D eigenvalue weighted by Gasteiger charge is -2.48. The van der Waals surface area contributed by atoms with Gasteiger partial charge in [-0.3, -0.25) is 0 Å². The molecule has 3 heteroatoms. The highest BCUT2D eigenvalue weighted by molar-refractivity contribution is 5.55. The predicted molar refractivity (Wildman–Crippen MR) is 88.3 cm³/mol. The van der Waals surface area contributed by atoms with E-state index >= 15 is 0 Å². The average molecular weight is 288 g/mol. The molecule has 2 aliphatic rings. The highest BCUT2D eigenvalue weighted by Crippen LogP contribution is 2.32.